The summed E-state index contributed by atoms with van der Waals surface area (Å²) >= 11 is 0. The zero-order chi connectivity index (χ0) is 35.1. The fraction of sp³-hybridized carbons (Fsp3) is 0.857. The fourth-order valence-electron chi connectivity index (χ4n) is 4.78. The number of aliphatic hydroxyl groups excluding tert-OH is 6. The Morgan fingerprint density at radius 1 is 0.596 bits per heavy atom. The molecule has 19 heteroatoms. The first-order chi connectivity index (χ1) is 22.2. The summed E-state index contributed by atoms with van der Waals surface area (Å²) in [4.78, 5) is 49.7. The number of carboxylic acids is 1. The largest absolute Gasteiger partial charge is 0.481 e. The van der Waals surface area contributed by atoms with E-state index in [1.165, 1.54) is 18.7 Å². The van der Waals surface area contributed by atoms with Crippen molar-refractivity contribution in [2.45, 2.75) is 101 Å². The van der Waals surface area contributed by atoms with Crippen LogP contribution in [0.1, 0.15) is 39.5 Å². The van der Waals surface area contributed by atoms with Crippen molar-refractivity contribution in [2.24, 2.45) is 0 Å². The molecule has 0 aromatic rings. The number of rotatable bonds is 20. The molecule has 2 heterocycles. The normalized spacial score (nSPS) is 30.9. The van der Waals surface area contributed by atoms with Gasteiger partial charge in [0, 0.05) is 26.1 Å². The maximum absolute atomic E-state index is 12.6. The molecule has 0 radical (unpaired) electrons. The van der Waals surface area contributed by atoms with E-state index >= 15 is 0 Å². The van der Waals surface area contributed by atoms with Crippen LogP contribution in [0.2, 0.25) is 0 Å². The molecule has 10 atom stereocenters. The van der Waals surface area contributed by atoms with Crippen LogP contribution in [-0.4, -0.2) is 178 Å². The first-order valence-electron chi connectivity index (χ1n) is 15.6. The average molecular weight is 683 g/mol. The molecule has 2 fully saturated rings. The number of aliphatic hydroxyl groups is 6. The first kappa shape index (κ1) is 40.6. The van der Waals surface area contributed by atoms with Gasteiger partial charge in [0.1, 0.15) is 36.6 Å². The topological polar surface area (TPSA) is 286 Å². The number of aliphatic carboxylic acids is 1. The maximum Gasteiger partial charge on any atom is 0.303 e. The second-order valence-corrected chi connectivity index (χ2v) is 11.5. The summed E-state index contributed by atoms with van der Waals surface area (Å²) in [5.41, 5.74) is 0. The molecule has 0 saturated carbocycles. The maximum atomic E-state index is 12.6. The van der Waals surface area contributed by atoms with Crippen molar-refractivity contribution in [1.82, 2.24) is 20.9 Å². The first-order valence-corrected chi connectivity index (χ1v) is 15.6. The molecule has 3 amide bonds. The quantitative estimate of drug-likeness (QED) is 0.0538. The highest BCUT2D eigenvalue weighted by Crippen LogP contribution is 2.22. The molecule has 47 heavy (non-hydrogen) atoms. The third-order valence-electron chi connectivity index (χ3n) is 7.52. The molecule has 2 rings (SSSR count). The molecule has 2 aliphatic heterocycles. The van der Waals surface area contributed by atoms with Crippen molar-refractivity contribution in [3.63, 3.8) is 0 Å². The van der Waals surface area contributed by atoms with E-state index in [1.807, 2.05) is 0 Å². The molecular weight excluding hydrogens is 632 g/mol. The van der Waals surface area contributed by atoms with E-state index in [9.17, 15) is 49.8 Å². The van der Waals surface area contributed by atoms with Crippen LogP contribution in [0.5, 0.6) is 0 Å². The van der Waals surface area contributed by atoms with Crippen LogP contribution in [0.25, 0.3) is 0 Å². The summed E-state index contributed by atoms with van der Waals surface area (Å²) in [7, 11) is 0. The molecule has 10 N–H and O–H groups in total. The Hall–Kier alpha value is -2.56. The minimum absolute atomic E-state index is 0.0267. The van der Waals surface area contributed by atoms with Gasteiger partial charge >= 0.3 is 5.97 Å². The lowest BCUT2D eigenvalue weighted by molar-refractivity contribution is -0.292. The minimum Gasteiger partial charge on any atom is -0.481 e. The van der Waals surface area contributed by atoms with Crippen molar-refractivity contribution in [2.75, 3.05) is 52.5 Å². The Morgan fingerprint density at radius 2 is 1.00 bits per heavy atom. The summed E-state index contributed by atoms with van der Waals surface area (Å²) in [6.45, 7) is 1.90. The van der Waals surface area contributed by atoms with Crippen LogP contribution in [0.4, 0.5) is 0 Å². The second-order valence-electron chi connectivity index (χ2n) is 11.5. The van der Waals surface area contributed by atoms with Crippen LogP contribution in [-0.2, 0) is 38.1 Å². The molecule has 2 aliphatic rings. The van der Waals surface area contributed by atoms with Gasteiger partial charge in [-0.25, -0.2) is 0 Å². The molecule has 0 aromatic heterocycles. The van der Waals surface area contributed by atoms with Gasteiger partial charge in [-0.3, -0.25) is 24.1 Å². The molecule has 272 valence electrons. The number of amides is 3. The van der Waals surface area contributed by atoms with E-state index in [0.717, 1.165) is 0 Å². The number of hydrogen-bond acceptors (Lipinski definition) is 15. The number of carbonyl (C=O) groups excluding carboxylic acids is 3. The van der Waals surface area contributed by atoms with Gasteiger partial charge in [-0.1, -0.05) is 6.42 Å². The van der Waals surface area contributed by atoms with Crippen molar-refractivity contribution < 1.29 is 73.9 Å². The van der Waals surface area contributed by atoms with Crippen molar-refractivity contribution in [3.8, 4) is 0 Å². The Bertz CT molecular complexity index is 938. The van der Waals surface area contributed by atoms with Crippen LogP contribution >= 0.6 is 0 Å². The van der Waals surface area contributed by atoms with Crippen LogP contribution in [0.15, 0.2) is 0 Å². The number of nitrogens with one attached hydrogen (secondary N) is 3. The highest BCUT2D eigenvalue weighted by atomic mass is 16.7. The summed E-state index contributed by atoms with van der Waals surface area (Å²) in [5.74, 6) is -2.48. The molecule has 0 aliphatic carbocycles. The summed E-state index contributed by atoms with van der Waals surface area (Å²) in [6.07, 6.45) is -11.0. The Balaban J connectivity index is 1.81. The van der Waals surface area contributed by atoms with Gasteiger partial charge in [0.25, 0.3) is 0 Å². The molecule has 2 saturated heterocycles. The monoisotopic (exact) mass is 682 g/mol. The highest BCUT2D eigenvalue weighted by molar-refractivity contribution is 5.84. The lowest BCUT2D eigenvalue weighted by atomic mass is 10.0. The van der Waals surface area contributed by atoms with Gasteiger partial charge in [-0.05, 0) is 26.7 Å². The van der Waals surface area contributed by atoms with Gasteiger partial charge in [-0.2, -0.15) is 0 Å². The van der Waals surface area contributed by atoms with Crippen molar-refractivity contribution >= 4 is 23.7 Å². The Kier molecular flexibility index (Phi) is 17.9. The Labute approximate surface area is 272 Å². The third-order valence-corrected chi connectivity index (χ3v) is 7.52. The zero-order valence-electron chi connectivity index (χ0n) is 26.6. The third kappa shape index (κ3) is 14.2. The van der Waals surface area contributed by atoms with Crippen molar-refractivity contribution in [1.29, 1.82) is 0 Å². The van der Waals surface area contributed by atoms with E-state index in [-0.39, 0.29) is 58.9 Å². The number of nitrogens with zero attached hydrogens (tertiary/aromatic N) is 1. The van der Waals surface area contributed by atoms with Gasteiger partial charge in [0.2, 0.25) is 17.7 Å². The molecule has 0 spiro atoms. The van der Waals surface area contributed by atoms with Crippen LogP contribution < -0.4 is 16.0 Å². The van der Waals surface area contributed by atoms with Gasteiger partial charge < -0.3 is 70.6 Å². The molecule has 19 nitrogen and oxygen atoms in total. The molecule has 0 aromatic carbocycles. The van der Waals surface area contributed by atoms with Crippen LogP contribution in [0, 0.1) is 0 Å². The van der Waals surface area contributed by atoms with E-state index < -0.39 is 85.1 Å². The molecular formula is C28H50N4O15. The van der Waals surface area contributed by atoms with Gasteiger partial charge in [-0.15, -0.1) is 0 Å². The predicted octanol–water partition coefficient (Wildman–Crippen LogP) is -5.03. The highest BCUT2D eigenvalue weighted by Gasteiger charge is 2.43. The van der Waals surface area contributed by atoms with E-state index in [0.29, 0.717) is 19.3 Å². The van der Waals surface area contributed by atoms with Crippen LogP contribution in [0.3, 0.4) is 0 Å². The smallest absolute Gasteiger partial charge is 0.303 e. The van der Waals surface area contributed by atoms with Gasteiger partial charge in [0.05, 0.1) is 45.1 Å². The SMILES string of the molecule is C[C@@H]1O[C@@H](OCCNC(=O)CN(CC(=O)NCCCCCC(=O)O)CC(=O)NCCO[C@@H]2O[C@@H](C)[C@@H](O)[C@@H](O)[C@@H]2O)[C@@H](O)[C@H](O)[C@@H]1O. The minimum atomic E-state index is -1.50. The Morgan fingerprint density at radius 3 is 1.40 bits per heavy atom. The number of carbonyl (C=O) groups is 4. The summed E-state index contributed by atoms with van der Waals surface area (Å²) < 4.78 is 21.4. The average Bonchev–Trinajstić information content (AvgIpc) is 3.01. The van der Waals surface area contributed by atoms with Gasteiger partial charge in [0.15, 0.2) is 12.6 Å². The van der Waals surface area contributed by atoms with E-state index in [4.69, 9.17) is 24.1 Å². The van der Waals surface area contributed by atoms with E-state index in [1.54, 1.807) is 0 Å². The number of ether oxygens (including phenoxy) is 4. The van der Waals surface area contributed by atoms with E-state index in [2.05, 4.69) is 16.0 Å². The lowest BCUT2D eigenvalue weighted by Gasteiger charge is -2.38. The zero-order valence-corrected chi connectivity index (χ0v) is 26.6. The second kappa shape index (κ2) is 20.7. The fourth-order valence-corrected chi connectivity index (χ4v) is 4.78. The predicted molar refractivity (Wildman–Crippen MR) is 158 cm³/mol. The number of hydrogen-bond donors (Lipinski definition) is 10. The standard InChI is InChI=1S/C28H50N4O15/c1-15-21(38)23(40)25(42)27(46-15)44-10-8-30-18(34)13-32(12-17(33)29-7-5-3-4-6-20(36)37)14-19(35)31-9-11-45-28-26(43)24(41)22(39)16(2)47-28/h15-16,21-28,38-43H,3-14H2,1-2H3,(H,29,33)(H,30,34)(H,31,35)(H,36,37)/t15-,16-,21+,22+,23+,24+,25-,26-,27+,28+/m0/s1. The lowest BCUT2D eigenvalue weighted by Crippen LogP contribution is -2.57. The molecule has 0 unspecified atom stereocenters. The summed E-state index contributed by atoms with van der Waals surface area (Å²) in [6, 6.07) is 0. The van der Waals surface area contributed by atoms with Crippen molar-refractivity contribution in [3.05, 3.63) is 0 Å². The number of unbranched alkanes of at least 4 members (excludes halogenated alkanes) is 2. The summed E-state index contributed by atoms with van der Waals surface area (Å²) in [5, 5.41) is 75.9. The number of carboxylic acid groups (broad SMARTS) is 1. The molecule has 0 bridgehead atoms.